The summed E-state index contributed by atoms with van der Waals surface area (Å²) in [5.74, 6) is -0.576. The molecule has 1 aliphatic heterocycles. The van der Waals surface area contributed by atoms with Crippen LogP contribution in [0.1, 0.15) is 0 Å². The van der Waals surface area contributed by atoms with Gasteiger partial charge in [0.1, 0.15) is 23.6 Å². The predicted molar refractivity (Wildman–Crippen MR) is 74.3 cm³/mol. The Kier molecular flexibility index (Phi) is 3.03. The van der Waals surface area contributed by atoms with E-state index in [0.29, 0.717) is 17.0 Å². The van der Waals surface area contributed by atoms with Gasteiger partial charge in [-0.05, 0) is 18.2 Å². The molecule has 0 unspecified atom stereocenters. The average molecular weight is 286 g/mol. The van der Waals surface area contributed by atoms with E-state index >= 15 is 0 Å². The summed E-state index contributed by atoms with van der Waals surface area (Å²) in [6.07, 6.45) is 0. The number of carbonyl (C=O) groups excluding carboxylic acids is 1. The molecule has 7 nitrogen and oxygen atoms in total. The number of nitrogens with zero attached hydrogens (tertiary/aromatic N) is 1. The zero-order chi connectivity index (χ0) is 15.0. The van der Waals surface area contributed by atoms with E-state index < -0.39 is 12.5 Å². The fourth-order valence-electron chi connectivity index (χ4n) is 1.93. The van der Waals surface area contributed by atoms with Crippen molar-refractivity contribution in [3.63, 3.8) is 0 Å². The first kappa shape index (κ1) is 13.1. The lowest BCUT2D eigenvalue weighted by atomic mass is 10.2. The van der Waals surface area contributed by atoms with Crippen molar-refractivity contribution in [3.8, 4) is 17.2 Å². The molecule has 21 heavy (non-hydrogen) atoms. The number of aliphatic hydroxyl groups excluding tert-OH is 1. The van der Waals surface area contributed by atoms with Crippen LogP contribution < -0.4 is 10.7 Å². The molecule has 0 atom stereocenters. The second-order valence-corrected chi connectivity index (χ2v) is 4.39. The molecule has 1 aliphatic carbocycles. The van der Waals surface area contributed by atoms with Crippen molar-refractivity contribution in [2.24, 2.45) is 0 Å². The molecule has 0 radical (unpaired) electrons. The number of hydrogen-bond donors (Lipinski definition) is 3. The molecule has 0 spiro atoms. The van der Waals surface area contributed by atoms with E-state index in [1.165, 1.54) is 30.3 Å². The summed E-state index contributed by atoms with van der Waals surface area (Å²) in [5.41, 5.74) is 1.06. The van der Waals surface area contributed by atoms with Crippen LogP contribution in [0.3, 0.4) is 0 Å². The van der Waals surface area contributed by atoms with Crippen LogP contribution in [0, 0.1) is 0 Å². The minimum atomic E-state index is -0.695. The fraction of sp³-hybridized carbons (Fsp3) is 0.0714. The molecule has 0 bridgehead atoms. The summed E-state index contributed by atoms with van der Waals surface area (Å²) in [7, 11) is 0. The van der Waals surface area contributed by atoms with E-state index in [0.717, 1.165) is 0 Å². The summed E-state index contributed by atoms with van der Waals surface area (Å²) in [6.45, 7) is -0.695. The summed E-state index contributed by atoms with van der Waals surface area (Å²) in [4.78, 5) is 26.8. The highest BCUT2D eigenvalue weighted by molar-refractivity contribution is 5.95. The van der Waals surface area contributed by atoms with Crippen molar-refractivity contribution < 1.29 is 19.4 Å². The Balaban J connectivity index is 2.19. The number of anilines is 1. The SMILES string of the molecule is O=C(CO)Nc1cc2nc3ccc(=O)cc-3oc2cc1O. The number of rotatable bonds is 2. The number of hydrogen-bond acceptors (Lipinski definition) is 6. The van der Waals surface area contributed by atoms with Gasteiger partial charge < -0.3 is 19.9 Å². The van der Waals surface area contributed by atoms with Gasteiger partial charge in [-0.2, -0.15) is 0 Å². The molecule has 1 heterocycles. The second kappa shape index (κ2) is 4.88. The van der Waals surface area contributed by atoms with Crippen LogP contribution in [0.5, 0.6) is 5.75 Å². The molecule has 1 amide bonds. The van der Waals surface area contributed by atoms with Gasteiger partial charge in [0.05, 0.1) is 5.69 Å². The molecule has 7 heteroatoms. The highest BCUT2D eigenvalue weighted by atomic mass is 16.3. The van der Waals surface area contributed by atoms with Crippen molar-refractivity contribution in [1.82, 2.24) is 4.98 Å². The van der Waals surface area contributed by atoms with Crippen LogP contribution in [-0.2, 0) is 4.79 Å². The number of phenols is 1. The van der Waals surface area contributed by atoms with Gasteiger partial charge in [-0.1, -0.05) is 0 Å². The highest BCUT2D eigenvalue weighted by Gasteiger charge is 2.13. The Hall–Kier alpha value is -2.93. The molecular weight excluding hydrogens is 276 g/mol. The number of phenolic OH excluding ortho intramolecular Hbond substituents is 1. The van der Waals surface area contributed by atoms with Gasteiger partial charge in [0.15, 0.2) is 16.8 Å². The molecule has 0 saturated carbocycles. The molecule has 106 valence electrons. The van der Waals surface area contributed by atoms with E-state index in [4.69, 9.17) is 9.52 Å². The van der Waals surface area contributed by atoms with Crippen molar-refractivity contribution >= 4 is 22.7 Å². The number of aromatic hydroxyl groups is 1. The van der Waals surface area contributed by atoms with Crippen LogP contribution in [0.4, 0.5) is 5.69 Å². The summed E-state index contributed by atoms with van der Waals surface area (Å²) in [6, 6.07) is 6.91. The number of benzene rings is 2. The van der Waals surface area contributed by atoms with Crippen molar-refractivity contribution in [3.05, 3.63) is 40.6 Å². The zero-order valence-corrected chi connectivity index (χ0v) is 10.7. The van der Waals surface area contributed by atoms with Crippen molar-refractivity contribution in [1.29, 1.82) is 0 Å². The van der Waals surface area contributed by atoms with Crippen LogP contribution in [-0.4, -0.2) is 27.7 Å². The molecule has 0 fully saturated rings. The second-order valence-electron chi connectivity index (χ2n) is 4.39. The maximum atomic E-state index is 11.3. The average Bonchev–Trinajstić information content (AvgIpc) is 2.46. The minimum Gasteiger partial charge on any atom is -0.506 e. The molecule has 0 aromatic heterocycles. The third-order valence-electron chi connectivity index (χ3n) is 2.89. The first-order chi connectivity index (χ1) is 10.1. The summed E-state index contributed by atoms with van der Waals surface area (Å²) in [5, 5.41) is 20.9. The van der Waals surface area contributed by atoms with Gasteiger partial charge in [-0.15, -0.1) is 0 Å². The Morgan fingerprint density at radius 2 is 2.10 bits per heavy atom. The maximum Gasteiger partial charge on any atom is 0.250 e. The largest absolute Gasteiger partial charge is 0.506 e. The van der Waals surface area contributed by atoms with Crippen molar-refractivity contribution in [2.75, 3.05) is 11.9 Å². The van der Waals surface area contributed by atoms with Gasteiger partial charge in [-0.3, -0.25) is 9.59 Å². The van der Waals surface area contributed by atoms with Gasteiger partial charge >= 0.3 is 0 Å². The Bertz CT molecular complexity index is 871. The van der Waals surface area contributed by atoms with E-state index in [1.54, 1.807) is 0 Å². The van der Waals surface area contributed by atoms with E-state index in [2.05, 4.69) is 10.3 Å². The fourth-order valence-corrected chi connectivity index (χ4v) is 1.93. The van der Waals surface area contributed by atoms with Gasteiger partial charge in [0.25, 0.3) is 0 Å². The van der Waals surface area contributed by atoms with Crippen molar-refractivity contribution in [2.45, 2.75) is 0 Å². The summed E-state index contributed by atoms with van der Waals surface area (Å²) >= 11 is 0. The lowest BCUT2D eigenvalue weighted by Crippen LogP contribution is -2.15. The standard InChI is InChI=1S/C14H10N2O5/c17-6-14(20)16-9-4-10-13(5-11(9)19)21-12-3-7(18)1-2-8(12)15-10/h1-5,17,19H,6H2,(H,16,20). The first-order valence-corrected chi connectivity index (χ1v) is 6.05. The molecule has 1 aromatic rings. The lowest BCUT2D eigenvalue weighted by molar-refractivity contribution is -0.118. The number of fused-ring (bicyclic) bond motifs is 2. The Labute approximate surface area is 117 Å². The third-order valence-corrected chi connectivity index (χ3v) is 2.89. The number of aromatic nitrogens is 1. The monoisotopic (exact) mass is 286 g/mol. The lowest BCUT2D eigenvalue weighted by Gasteiger charge is -2.09. The smallest absolute Gasteiger partial charge is 0.250 e. The number of aliphatic hydroxyl groups is 1. The van der Waals surface area contributed by atoms with E-state index in [9.17, 15) is 14.7 Å². The van der Waals surface area contributed by atoms with Crippen LogP contribution >= 0.6 is 0 Å². The predicted octanol–water partition coefficient (Wildman–Crippen LogP) is 0.929. The number of nitrogens with one attached hydrogen (secondary N) is 1. The van der Waals surface area contributed by atoms with Gasteiger partial charge in [0, 0.05) is 12.1 Å². The Morgan fingerprint density at radius 1 is 1.29 bits per heavy atom. The minimum absolute atomic E-state index is 0.115. The topological polar surface area (TPSA) is 113 Å². The molecule has 3 N–H and O–H groups in total. The quantitative estimate of drug-likeness (QED) is 0.477. The molecule has 2 aliphatic rings. The molecule has 1 aromatic carbocycles. The van der Waals surface area contributed by atoms with E-state index in [-0.39, 0.29) is 22.4 Å². The Morgan fingerprint density at radius 3 is 2.86 bits per heavy atom. The molecule has 3 rings (SSSR count). The van der Waals surface area contributed by atoms with Gasteiger partial charge in [0.2, 0.25) is 5.91 Å². The molecular formula is C14H10N2O5. The normalized spacial score (nSPS) is 10.9. The first-order valence-electron chi connectivity index (χ1n) is 6.05. The van der Waals surface area contributed by atoms with Gasteiger partial charge in [-0.25, -0.2) is 4.98 Å². The van der Waals surface area contributed by atoms with E-state index in [1.807, 2.05) is 0 Å². The van der Waals surface area contributed by atoms with Crippen LogP contribution in [0.2, 0.25) is 0 Å². The third kappa shape index (κ3) is 2.41. The summed E-state index contributed by atoms with van der Waals surface area (Å²) < 4.78 is 5.51. The maximum absolute atomic E-state index is 11.3. The van der Waals surface area contributed by atoms with Crippen LogP contribution in [0.25, 0.3) is 22.6 Å². The molecule has 0 saturated heterocycles. The highest BCUT2D eigenvalue weighted by Crippen LogP contribution is 2.31. The van der Waals surface area contributed by atoms with Crippen LogP contribution in [0.15, 0.2) is 39.5 Å². The number of amides is 1. The zero-order valence-electron chi connectivity index (χ0n) is 10.7. The number of carbonyl (C=O) groups is 1.